The Morgan fingerprint density at radius 2 is 2.00 bits per heavy atom. The first-order valence-corrected chi connectivity index (χ1v) is 4.60. The van der Waals surface area contributed by atoms with Crippen molar-refractivity contribution >= 4 is 11.6 Å². The first kappa shape index (κ1) is 8.95. The largest absolute Gasteiger partial charge is 0.242 e. The van der Waals surface area contributed by atoms with Gasteiger partial charge in [0.25, 0.3) is 0 Å². The maximum atomic E-state index is 12.2. The molecule has 0 N–H and O–H groups in total. The Kier molecular flexibility index (Phi) is 2.24. The van der Waals surface area contributed by atoms with Gasteiger partial charge in [0.2, 0.25) is 6.43 Å². The summed E-state index contributed by atoms with van der Waals surface area (Å²) in [6.07, 6.45) is -1.64. The Bertz CT molecular complexity index is 312. The summed E-state index contributed by atoms with van der Waals surface area (Å²) < 4.78 is 24.5. The second-order valence-corrected chi connectivity index (χ2v) is 3.77. The van der Waals surface area contributed by atoms with E-state index in [2.05, 4.69) is 0 Å². The van der Waals surface area contributed by atoms with Crippen LogP contribution in [0, 0.1) is 5.92 Å². The summed E-state index contributed by atoms with van der Waals surface area (Å²) in [7, 11) is 0. The van der Waals surface area contributed by atoms with Gasteiger partial charge in [0.1, 0.15) is 0 Å². The maximum Gasteiger partial charge on any atom is 0.242 e. The summed E-state index contributed by atoms with van der Waals surface area (Å²) in [5.41, 5.74) is 0.870. The van der Waals surface area contributed by atoms with Crippen molar-refractivity contribution in [3.63, 3.8) is 0 Å². The van der Waals surface area contributed by atoms with Crippen molar-refractivity contribution in [3.05, 3.63) is 34.9 Å². The molecule has 13 heavy (non-hydrogen) atoms. The van der Waals surface area contributed by atoms with Crippen molar-refractivity contribution in [3.8, 4) is 0 Å². The predicted octanol–water partition coefficient (Wildman–Crippen LogP) is 3.71. The molecule has 1 aliphatic carbocycles. The first-order chi connectivity index (χ1) is 6.20. The fraction of sp³-hybridized carbons (Fsp3) is 0.400. The highest BCUT2D eigenvalue weighted by atomic mass is 35.5. The van der Waals surface area contributed by atoms with Crippen LogP contribution in [-0.4, -0.2) is 6.43 Å². The zero-order valence-electron chi connectivity index (χ0n) is 6.88. The summed E-state index contributed by atoms with van der Waals surface area (Å²) in [4.78, 5) is 0. The van der Waals surface area contributed by atoms with Crippen LogP contribution in [0.15, 0.2) is 24.3 Å². The molecule has 2 unspecified atom stereocenters. The maximum absolute atomic E-state index is 12.2. The lowest BCUT2D eigenvalue weighted by molar-refractivity contribution is 0.120. The average molecular weight is 203 g/mol. The van der Waals surface area contributed by atoms with Gasteiger partial charge in [-0.1, -0.05) is 29.8 Å². The summed E-state index contributed by atoms with van der Waals surface area (Å²) in [6, 6.07) is 7.22. The van der Waals surface area contributed by atoms with Gasteiger partial charge in [-0.3, -0.25) is 0 Å². The Morgan fingerprint density at radius 1 is 1.31 bits per heavy atom. The van der Waals surface area contributed by atoms with Gasteiger partial charge in [0.05, 0.1) is 0 Å². The molecule has 1 saturated carbocycles. The molecule has 1 aromatic rings. The second kappa shape index (κ2) is 3.26. The monoisotopic (exact) mass is 202 g/mol. The molecule has 1 fully saturated rings. The Balaban J connectivity index is 2.16. The SMILES string of the molecule is FC(F)C1CC1c1ccccc1Cl. The highest BCUT2D eigenvalue weighted by Gasteiger charge is 2.45. The van der Waals surface area contributed by atoms with Gasteiger partial charge in [0, 0.05) is 10.9 Å². The minimum absolute atomic E-state index is 0.0197. The molecule has 3 heteroatoms. The topological polar surface area (TPSA) is 0 Å². The number of alkyl halides is 2. The van der Waals surface area contributed by atoms with Crippen LogP contribution in [0.4, 0.5) is 8.78 Å². The molecule has 2 atom stereocenters. The second-order valence-electron chi connectivity index (χ2n) is 3.36. The van der Waals surface area contributed by atoms with E-state index in [1.54, 1.807) is 6.07 Å². The number of rotatable bonds is 2. The third-order valence-electron chi connectivity index (χ3n) is 2.47. The molecule has 70 valence electrons. The number of benzene rings is 1. The van der Waals surface area contributed by atoms with E-state index in [1.807, 2.05) is 18.2 Å². The van der Waals surface area contributed by atoms with Crippen molar-refractivity contribution in [1.29, 1.82) is 0 Å². The summed E-state index contributed by atoms with van der Waals surface area (Å²) in [6.45, 7) is 0. The standard InChI is InChI=1S/C10H9ClF2/c11-9-4-2-1-3-6(9)7-5-8(7)10(12)13/h1-4,7-8,10H,5H2. The van der Waals surface area contributed by atoms with Crippen molar-refractivity contribution in [2.45, 2.75) is 18.8 Å². The van der Waals surface area contributed by atoms with E-state index in [0.29, 0.717) is 11.4 Å². The number of hydrogen-bond donors (Lipinski definition) is 0. The van der Waals surface area contributed by atoms with Crippen LogP contribution in [0.1, 0.15) is 17.9 Å². The van der Waals surface area contributed by atoms with Gasteiger partial charge in [-0.15, -0.1) is 0 Å². The summed E-state index contributed by atoms with van der Waals surface area (Å²) in [5, 5.41) is 0.607. The third-order valence-corrected chi connectivity index (χ3v) is 2.81. The summed E-state index contributed by atoms with van der Waals surface area (Å²) >= 11 is 5.88. The lowest BCUT2D eigenvalue weighted by Crippen LogP contribution is -1.95. The normalized spacial score (nSPS) is 26.5. The predicted molar refractivity (Wildman–Crippen MR) is 48.3 cm³/mol. The molecule has 0 aromatic heterocycles. The van der Waals surface area contributed by atoms with Crippen LogP contribution in [0.25, 0.3) is 0 Å². The number of hydrogen-bond acceptors (Lipinski definition) is 0. The van der Waals surface area contributed by atoms with Crippen molar-refractivity contribution in [2.24, 2.45) is 5.92 Å². The highest BCUT2D eigenvalue weighted by Crippen LogP contribution is 2.52. The fourth-order valence-corrected chi connectivity index (χ4v) is 1.90. The van der Waals surface area contributed by atoms with Crippen LogP contribution in [-0.2, 0) is 0 Å². The Morgan fingerprint density at radius 3 is 2.54 bits per heavy atom. The van der Waals surface area contributed by atoms with Crippen LogP contribution in [0.5, 0.6) is 0 Å². The zero-order chi connectivity index (χ0) is 9.42. The highest BCUT2D eigenvalue weighted by molar-refractivity contribution is 6.31. The van der Waals surface area contributed by atoms with Gasteiger partial charge in [-0.05, 0) is 24.0 Å². The van der Waals surface area contributed by atoms with E-state index in [4.69, 9.17) is 11.6 Å². The van der Waals surface area contributed by atoms with Crippen LogP contribution < -0.4 is 0 Å². The molecular formula is C10H9ClF2. The minimum Gasteiger partial charge on any atom is -0.210 e. The lowest BCUT2D eigenvalue weighted by Gasteiger charge is -2.01. The lowest BCUT2D eigenvalue weighted by atomic mass is 10.1. The van der Waals surface area contributed by atoms with E-state index in [1.165, 1.54) is 0 Å². The smallest absolute Gasteiger partial charge is 0.210 e. The van der Waals surface area contributed by atoms with E-state index in [0.717, 1.165) is 5.56 Å². The Hall–Kier alpha value is -0.630. The van der Waals surface area contributed by atoms with Crippen molar-refractivity contribution in [1.82, 2.24) is 0 Å². The molecule has 2 rings (SSSR count). The molecule has 1 aliphatic rings. The minimum atomic E-state index is -2.21. The van der Waals surface area contributed by atoms with Gasteiger partial charge >= 0.3 is 0 Å². The molecular weight excluding hydrogens is 194 g/mol. The third kappa shape index (κ3) is 1.68. The van der Waals surface area contributed by atoms with E-state index < -0.39 is 12.3 Å². The van der Waals surface area contributed by atoms with Gasteiger partial charge < -0.3 is 0 Å². The Labute approximate surface area is 80.5 Å². The molecule has 0 amide bonds. The number of halogens is 3. The van der Waals surface area contributed by atoms with E-state index >= 15 is 0 Å². The van der Waals surface area contributed by atoms with Gasteiger partial charge in [0.15, 0.2) is 0 Å². The fourth-order valence-electron chi connectivity index (χ4n) is 1.63. The van der Waals surface area contributed by atoms with E-state index in [9.17, 15) is 8.78 Å². The van der Waals surface area contributed by atoms with E-state index in [-0.39, 0.29) is 5.92 Å². The quantitative estimate of drug-likeness (QED) is 0.686. The molecule has 0 aliphatic heterocycles. The molecule has 0 radical (unpaired) electrons. The van der Waals surface area contributed by atoms with Gasteiger partial charge in [-0.25, -0.2) is 8.78 Å². The van der Waals surface area contributed by atoms with Gasteiger partial charge in [-0.2, -0.15) is 0 Å². The zero-order valence-corrected chi connectivity index (χ0v) is 7.64. The molecule has 0 spiro atoms. The van der Waals surface area contributed by atoms with Crippen molar-refractivity contribution in [2.75, 3.05) is 0 Å². The van der Waals surface area contributed by atoms with Crippen LogP contribution >= 0.6 is 11.6 Å². The molecule has 0 saturated heterocycles. The average Bonchev–Trinajstić information content (AvgIpc) is 2.84. The molecule has 0 heterocycles. The molecule has 1 aromatic carbocycles. The van der Waals surface area contributed by atoms with Crippen LogP contribution in [0.2, 0.25) is 5.02 Å². The first-order valence-electron chi connectivity index (χ1n) is 4.22. The van der Waals surface area contributed by atoms with Crippen molar-refractivity contribution < 1.29 is 8.78 Å². The molecule has 0 nitrogen and oxygen atoms in total. The van der Waals surface area contributed by atoms with Crippen LogP contribution in [0.3, 0.4) is 0 Å². The molecule has 0 bridgehead atoms. The summed E-state index contributed by atoms with van der Waals surface area (Å²) in [5.74, 6) is -0.492.